The average molecular weight is 306 g/mol. The van der Waals surface area contributed by atoms with E-state index in [-0.39, 0.29) is 11.7 Å². The second-order valence-electron chi connectivity index (χ2n) is 5.98. The molecule has 1 saturated carbocycles. The van der Waals surface area contributed by atoms with Gasteiger partial charge in [-0.2, -0.15) is 0 Å². The molecule has 2 heterocycles. The zero-order valence-electron chi connectivity index (χ0n) is 12.3. The fraction of sp³-hybridized carbons (Fsp3) is 0.625. The van der Waals surface area contributed by atoms with Gasteiger partial charge in [-0.3, -0.25) is 14.5 Å². The highest BCUT2D eigenvalue weighted by atomic mass is 32.1. The number of piperazine rings is 1. The smallest absolute Gasteiger partial charge is 0.225 e. The number of amides is 1. The van der Waals surface area contributed by atoms with Crippen molar-refractivity contribution in [3.8, 4) is 0 Å². The summed E-state index contributed by atoms with van der Waals surface area (Å²) in [5, 5.41) is 1.94. The summed E-state index contributed by atoms with van der Waals surface area (Å²) in [6.07, 6.45) is 4.53. The molecule has 2 aliphatic rings. The molecule has 0 aromatic carbocycles. The highest BCUT2D eigenvalue weighted by molar-refractivity contribution is 7.12. The minimum atomic E-state index is 0.195. The van der Waals surface area contributed by atoms with Gasteiger partial charge in [0.1, 0.15) is 0 Å². The van der Waals surface area contributed by atoms with Gasteiger partial charge in [-0.05, 0) is 24.3 Å². The third-order valence-electron chi connectivity index (χ3n) is 4.55. The van der Waals surface area contributed by atoms with Gasteiger partial charge in [0, 0.05) is 32.1 Å². The minimum Gasteiger partial charge on any atom is -0.340 e. The van der Waals surface area contributed by atoms with Crippen LogP contribution in [-0.2, 0) is 4.79 Å². The molecule has 1 aromatic heterocycles. The second kappa shape index (κ2) is 6.71. The topological polar surface area (TPSA) is 40.6 Å². The summed E-state index contributed by atoms with van der Waals surface area (Å²) in [5.41, 5.74) is 0. The van der Waals surface area contributed by atoms with Crippen molar-refractivity contribution in [1.82, 2.24) is 9.80 Å². The lowest BCUT2D eigenvalue weighted by Gasteiger charge is -2.35. The number of hydrogen-bond donors (Lipinski definition) is 0. The van der Waals surface area contributed by atoms with E-state index in [2.05, 4.69) is 4.90 Å². The molecule has 1 aliphatic heterocycles. The van der Waals surface area contributed by atoms with Gasteiger partial charge in [-0.1, -0.05) is 18.9 Å². The van der Waals surface area contributed by atoms with Crippen LogP contribution in [0, 0.1) is 5.92 Å². The maximum Gasteiger partial charge on any atom is 0.225 e. The van der Waals surface area contributed by atoms with Crippen molar-refractivity contribution in [2.24, 2.45) is 5.92 Å². The Balaban J connectivity index is 1.46. The lowest BCUT2D eigenvalue weighted by molar-refractivity contribution is -0.137. The number of carbonyl (C=O) groups excluding carboxylic acids is 2. The van der Waals surface area contributed by atoms with Crippen molar-refractivity contribution in [3.05, 3.63) is 22.4 Å². The van der Waals surface area contributed by atoms with Gasteiger partial charge >= 0.3 is 0 Å². The number of nitrogens with zero attached hydrogens (tertiary/aromatic N) is 2. The number of ketones is 1. The third-order valence-corrected chi connectivity index (χ3v) is 5.46. The van der Waals surface area contributed by atoms with E-state index in [9.17, 15) is 9.59 Å². The summed E-state index contributed by atoms with van der Waals surface area (Å²) >= 11 is 1.50. The fourth-order valence-corrected chi connectivity index (χ4v) is 3.93. The number of carbonyl (C=O) groups is 2. The Hall–Kier alpha value is -1.20. The molecule has 114 valence electrons. The Morgan fingerprint density at radius 2 is 1.86 bits per heavy atom. The lowest BCUT2D eigenvalue weighted by atomic mass is 10.1. The van der Waals surface area contributed by atoms with Crippen molar-refractivity contribution < 1.29 is 9.59 Å². The van der Waals surface area contributed by atoms with Crippen molar-refractivity contribution in [2.75, 3.05) is 32.7 Å². The average Bonchev–Trinajstić information content (AvgIpc) is 3.20. The predicted molar refractivity (Wildman–Crippen MR) is 83.6 cm³/mol. The molecular formula is C16H22N2O2S. The summed E-state index contributed by atoms with van der Waals surface area (Å²) in [5.74, 6) is 0.807. The molecule has 0 radical (unpaired) electrons. The van der Waals surface area contributed by atoms with Gasteiger partial charge in [0.15, 0.2) is 5.78 Å². The maximum atomic E-state index is 12.4. The molecular weight excluding hydrogens is 284 g/mol. The van der Waals surface area contributed by atoms with Crippen molar-refractivity contribution in [2.45, 2.75) is 25.7 Å². The molecule has 5 heteroatoms. The molecule has 0 N–H and O–H groups in total. The molecule has 2 fully saturated rings. The molecule has 0 spiro atoms. The summed E-state index contributed by atoms with van der Waals surface area (Å²) in [6, 6.07) is 3.79. The Bertz CT molecular complexity index is 486. The third kappa shape index (κ3) is 3.52. The highest BCUT2D eigenvalue weighted by Gasteiger charge is 2.29. The van der Waals surface area contributed by atoms with E-state index in [0.29, 0.717) is 12.5 Å². The van der Waals surface area contributed by atoms with Crippen LogP contribution in [0.25, 0.3) is 0 Å². The van der Waals surface area contributed by atoms with Gasteiger partial charge in [0.25, 0.3) is 0 Å². The van der Waals surface area contributed by atoms with Crippen LogP contribution < -0.4 is 0 Å². The lowest BCUT2D eigenvalue weighted by Crippen LogP contribution is -2.51. The Morgan fingerprint density at radius 1 is 1.14 bits per heavy atom. The molecule has 0 unspecified atom stereocenters. The molecule has 21 heavy (non-hydrogen) atoms. The fourth-order valence-electron chi connectivity index (χ4n) is 3.28. The SMILES string of the molecule is O=C(CN1CCN(C(=O)C2CCCC2)CC1)c1cccs1. The standard InChI is InChI=1S/C16H22N2O2S/c19-14(15-6-3-11-21-15)12-17-7-9-18(10-8-17)16(20)13-4-1-2-5-13/h3,6,11,13H,1-2,4-5,7-10,12H2. The van der Waals surface area contributed by atoms with Crippen LogP contribution in [0.15, 0.2) is 17.5 Å². The zero-order valence-corrected chi connectivity index (χ0v) is 13.1. The molecule has 1 saturated heterocycles. The van der Waals surface area contributed by atoms with Crippen LogP contribution in [-0.4, -0.2) is 54.2 Å². The van der Waals surface area contributed by atoms with Crippen LogP contribution in [0.5, 0.6) is 0 Å². The van der Waals surface area contributed by atoms with Gasteiger partial charge < -0.3 is 4.90 Å². The molecule has 1 aliphatic carbocycles. The number of Topliss-reactive ketones (excluding diaryl/α,β-unsaturated/α-hetero) is 1. The Morgan fingerprint density at radius 3 is 2.48 bits per heavy atom. The van der Waals surface area contributed by atoms with Crippen LogP contribution >= 0.6 is 11.3 Å². The normalized spacial score (nSPS) is 20.9. The van der Waals surface area contributed by atoms with E-state index in [0.717, 1.165) is 43.9 Å². The van der Waals surface area contributed by atoms with Crippen LogP contribution in [0.4, 0.5) is 0 Å². The van der Waals surface area contributed by atoms with Crippen molar-refractivity contribution in [3.63, 3.8) is 0 Å². The van der Waals surface area contributed by atoms with Crippen LogP contribution in [0.2, 0.25) is 0 Å². The van der Waals surface area contributed by atoms with Crippen LogP contribution in [0.1, 0.15) is 35.4 Å². The maximum absolute atomic E-state index is 12.4. The Labute approximate surface area is 129 Å². The molecule has 1 amide bonds. The highest BCUT2D eigenvalue weighted by Crippen LogP contribution is 2.26. The quantitative estimate of drug-likeness (QED) is 0.801. The van der Waals surface area contributed by atoms with E-state index < -0.39 is 0 Å². The van der Waals surface area contributed by atoms with Crippen LogP contribution in [0.3, 0.4) is 0 Å². The van der Waals surface area contributed by atoms with Crippen molar-refractivity contribution >= 4 is 23.0 Å². The predicted octanol–water partition coefficient (Wildman–Crippen LogP) is 2.27. The minimum absolute atomic E-state index is 0.195. The first kappa shape index (κ1) is 14.7. The summed E-state index contributed by atoms with van der Waals surface area (Å²) in [7, 11) is 0. The van der Waals surface area contributed by atoms with E-state index >= 15 is 0 Å². The van der Waals surface area contributed by atoms with E-state index in [1.807, 2.05) is 22.4 Å². The number of rotatable bonds is 4. The zero-order chi connectivity index (χ0) is 14.7. The first-order chi connectivity index (χ1) is 10.2. The van der Waals surface area contributed by atoms with E-state index in [1.165, 1.54) is 24.2 Å². The number of thiophene rings is 1. The summed E-state index contributed by atoms with van der Waals surface area (Å²) in [4.78, 5) is 29.4. The van der Waals surface area contributed by atoms with Gasteiger partial charge in [0.05, 0.1) is 11.4 Å². The summed E-state index contributed by atoms with van der Waals surface area (Å²) in [6.45, 7) is 3.65. The van der Waals surface area contributed by atoms with Gasteiger partial charge in [0.2, 0.25) is 5.91 Å². The molecule has 3 rings (SSSR count). The number of hydrogen-bond acceptors (Lipinski definition) is 4. The molecule has 1 aromatic rings. The van der Waals surface area contributed by atoms with E-state index in [1.54, 1.807) is 0 Å². The molecule has 4 nitrogen and oxygen atoms in total. The second-order valence-corrected chi connectivity index (χ2v) is 6.93. The summed E-state index contributed by atoms with van der Waals surface area (Å²) < 4.78 is 0. The van der Waals surface area contributed by atoms with Gasteiger partial charge in [-0.25, -0.2) is 0 Å². The van der Waals surface area contributed by atoms with E-state index in [4.69, 9.17) is 0 Å². The molecule has 0 atom stereocenters. The Kier molecular flexibility index (Phi) is 4.70. The van der Waals surface area contributed by atoms with Crippen molar-refractivity contribution in [1.29, 1.82) is 0 Å². The monoisotopic (exact) mass is 306 g/mol. The largest absolute Gasteiger partial charge is 0.340 e. The first-order valence-corrected chi connectivity index (χ1v) is 8.70. The van der Waals surface area contributed by atoms with Gasteiger partial charge in [-0.15, -0.1) is 11.3 Å². The first-order valence-electron chi connectivity index (χ1n) is 7.82. The molecule has 0 bridgehead atoms.